The molecule has 22 heavy (non-hydrogen) atoms. The van der Waals surface area contributed by atoms with Crippen LogP contribution in [0.1, 0.15) is 23.7 Å². The predicted molar refractivity (Wildman–Crippen MR) is 91.4 cm³/mol. The van der Waals surface area contributed by atoms with Gasteiger partial charge in [-0.2, -0.15) is 0 Å². The molecule has 0 spiro atoms. The molecule has 0 bridgehead atoms. The van der Waals surface area contributed by atoms with Crippen molar-refractivity contribution in [1.82, 2.24) is 15.3 Å². The van der Waals surface area contributed by atoms with Crippen molar-refractivity contribution >= 4 is 5.82 Å². The largest absolute Gasteiger partial charge is 0.354 e. The van der Waals surface area contributed by atoms with Crippen molar-refractivity contribution in [3.63, 3.8) is 0 Å². The van der Waals surface area contributed by atoms with Gasteiger partial charge in [-0.05, 0) is 26.3 Å². The molecule has 1 fully saturated rings. The molecule has 1 saturated heterocycles. The summed E-state index contributed by atoms with van der Waals surface area (Å²) in [4.78, 5) is 12.1. The third kappa shape index (κ3) is 2.97. The molecule has 1 aliphatic rings. The molecule has 1 aromatic heterocycles. The van der Waals surface area contributed by atoms with Gasteiger partial charge in [-0.15, -0.1) is 0 Å². The first-order valence-electron chi connectivity index (χ1n) is 8.09. The second-order valence-corrected chi connectivity index (χ2v) is 5.89. The zero-order valence-electron chi connectivity index (χ0n) is 13.7. The van der Waals surface area contributed by atoms with E-state index in [0.29, 0.717) is 0 Å². The van der Waals surface area contributed by atoms with Crippen molar-refractivity contribution in [2.24, 2.45) is 0 Å². The fourth-order valence-corrected chi connectivity index (χ4v) is 3.05. The zero-order chi connectivity index (χ0) is 15.5. The van der Waals surface area contributed by atoms with E-state index in [9.17, 15) is 0 Å². The van der Waals surface area contributed by atoms with Crippen LogP contribution >= 0.6 is 0 Å². The molecule has 2 aromatic rings. The Kier molecular flexibility index (Phi) is 4.39. The summed E-state index contributed by atoms with van der Waals surface area (Å²) in [6.07, 6.45) is 0.971. The fourth-order valence-electron chi connectivity index (χ4n) is 3.05. The lowest BCUT2D eigenvalue weighted by Gasteiger charge is -2.30. The lowest BCUT2D eigenvalue weighted by Crippen LogP contribution is -2.44. The van der Waals surface area contributed by atoms with Crippen molar-refractivity contribution in [3.05, 3.63) is 41.1 Å². The Labute approximate surface area is 132 Å². The summed E-state index contributed by atoms with van der Waals surface area (Å²) in [5.41, 5.74) is 4.71. The standard InChI is InChI=1S/C18H24N4/c1-4-16-14(3)20-17(15-7-5-6-13(2)12-15)21-18(16)22-10-8-19-9-11-22/h5-7,12,19H,4,8-11H2,1-3H3. The Bertz CT molecular complexity index is 660. The quantitative estimate of drug-likeness (QED) is 0.945. The molecule has 116 valence electrons. The van der Waals surface area contributed by atoms with E-state index in [4.69, 9.17) is 9.97 Å². The summed E-state index contributed by atoms with van der Waals surface area (Å²) in [5, 5.41) is 3.41. The minimum Gasteiger partial charge on any atom is -0.354 e. The Balaban J connectivity index is 2.07. The molecular formula is C18H24N4. The average Bonchev–Trinajstić information content (AvgIpc) is 2.55. The van der Waals surface area contributed by atoms with Gasteiger partial charge in [0.05, 0.1) is 0 Å². The van der Waals surface area contributed by atoms with Crippen LogP contribution in [-0.4, -0.2) is 36.1 Å². The lowest BCUT2D eigenvalue weighted by molar-refractivity contribution is 0.582. The van der Waals surface area contributed by atoms with Gasteiger partial charge in [-0.1, -0.05) is 30.7 Å². The van der Waals surface area contributed by atoms with E-state index in [1.165, 1.54) is 11.1 Å². The van der Waals surface area contributed by atoms with Crippen molar-refractivity contribution in [2.75, 3.05) is 31.1 Å². The fraction of sp³-hybridized carbons (Fsp3) is 0.444. The maximum Gasteiger partial charge on any atom is 0.161 e. The molecule has 0 amide bonds. The van der Waals surface area contributed by atoms with Crippen LogP contribution in [0.25, 0.3) is 11.4 Å². The average molecular weight is 296 g/mol. The molecule has 0 atom stereocenters. The van der Waals surface area contributed by atoms with Crippen molar-refractivity contribution < 1.29 is 0 Å². The van der Waals surface area contributed by atoms with Crippen LogP contribution < -0.4 is 10.2 Å². The number of anilines is 1. The highest BCUT2D eigenvalue weighted by Gasteiger charge is 2.19. The van der Waals surface area contributed by atoms with Crippen LogP contribution in [0.15, 0.2) is 24.3 Å². The number of benzene rings is 1. The SMILES string of the molecule is CCc1c(C)nc(-c2cccc(C)c2)nc1N1CCNCC1. The molecule has 2 heterocycles. The van der Waals surface area contributed by atoms with Gasteiger partial charge in [0.1, 0.15) is 5.82 Å². The lowest BCUT2D eigenvalue weighted by atomic mass is 10.1. The molecule has 4 heteroatoms. The topological polar surface area (TPSA) is 41.1 Å². The van der Waals surface area contributed by atoms with Crippen LogP contribution in [0.5, 0.6) is 0 Å². The summed E-state index contributed by atoms with van der Waals surface area (Å²) in [6, 6.07) is 8.42. The summed E-state index contributed by atoms with van der Waals surface area (Å²) < 4.78 is 0. The summed E-state index contributed by atoms with van der Waals surface area (Å²) in [5.74, 6) is 1.96. The van der Waals surface area contributed by atoms with E-state index in [-0.39, 0.29) is 0 Å². The molecule has 1 N–H and O–H groups in total. The van der Waals surface area contributed by atoms with E-state index in [2.05, 4.69) is 55.3 Å². The highest BCUT2D eigenvalue weighted by atomic mass is 15.2. The van der Waals surface area contributed by atoms with Crippen LogP contribution in [0, 0.1) is 13.8 Å². The minimum absolute atomic E-state index is 0.840. The third-order valence-corrected chi connectivity index (χ3v) is 4.24. The Morgan fingerprint density at radius 1 is 1.14 bits per heavy atom. The van der Waals surface area contributed by atoms with Gasteiger partial charge in [0.25, 0.3) is 0 Å². The van der Waals surface area contributed by atoms with Gasteiger partial charge in [-0.25, -0.2) is 9.97 Å². The second kappa shape index (κ2) is 6.44. The zero-order valence-corrected chi connectivity index (χ0v) is 13.7. The molecule has 4 nitrogen and oxygen atoms in total. The molecular weight excluding hydrogens is 272 g/mol. The number of aromatic nitrogens is 2. The third-order valence-electron chi connectivity index (χ3n) is 4.24. The summed E-state index contributed by atoms with van der Waals surface area (Å²) >= 11 is 0. The van der Waals surface area contributed by atoms with E-state index in [1.807, 2.05) is 0 Å². The molecule has 0 saturated carbocycles. The molecule has 1 aliphatic heterocycles. The monoisotopic (exact) mass is 296 g/mol. The van der Waals surface area contributed by atoms with E-state index >= 15 is 0 Å². The van der Waals surface area contributed by atoms with Crippen molar-refractivity contribution in [3.8, 4) is 11.4 Å². The summed E-state index contributed by atoms with van der Waals surface area (Å²) in [6.45, 7) is 10.5. The molecule has 3 rings (SSSR count). The normalized spacial score (nSPS) is 15.1. The number of hydrogen-bond donors (Lipinski definition) is 1. The smallest absolute Gasteiger partial charge is 0.161 e. The van der Waals surface area contributed by atoms with Gasteiger partial charge in [0.2, 0.25) is 0 Å². The van der Waals surface area contributed by atoms with Gasteiger partial charge in [0.15, 0.2) is 5.82 Å². The van der Waals surface area contributed by atoms with Crippen LogP contribution in [0.3, 0.4) is 0 Å². The number of aryl methyl sites for hydroxylation is 2. The van der Waals surface area contributed by atoms with Crippen LogP contribution in [0.2, 0.25) is 0 Å². The number of piperazine rings is 1. The maximum absolute atomic E-state index is 4.93. The molecule has 1 aromatic carbocycles. The van der Waals surface area contributed by atoms with Crippen LogP contribution in [0.4, 0.5) is 5.82 Å². The van der Waals surface area contributed by atoms with Crippen molar-refractivity contribution in [1.29, 1.82) is 0 Å². The number of hydrogen-bond acceptors (Lipinski definition) is 4. The number of nitrogens with one attached hydrogen (secondary N) is 1. The highest BCUT2D eigenvalue weighted by Crippen LogP contribution is 2.26. The van der Waals surface area contributed by atoms with Crippen LogP contribution in [-0.2, 0) is 6.42 Å². The van der Waals surface area contributed by atoms with Crippen molar-refractivity contribution in [2.45, 2.75) is 27.2 Å². The molecule has 0 radical (unpaired) electrons. The Morgan fingerprint density at radius 2 is 1.91 bits per heavy atom. The molecule has 0 unspecified atom stereocenters. The minimum atomic E-state index is 0.840. The van der Waals surface area contributed by atoms with Gasteiger partial charge < -0.3 is 10.2 Å². The first-order chi connectivity index (χ1) is 10.7. The predicted octanol–water partition coefficient (Wildman–Crippen LogP) is 2.73. The van der Waals surface area contributed by atoms with Gasteiger partial charge >= 0.3 is 0 Å². The highest BCUT2D eigenvalue weighted by molar-refractivity contribution is 5.61. The van der Waals surface area contributed by atoms with Gasteiger partial charge in [-0.3, -0.25) is 0 Å². The van der Waals surface area contributed by atoms with E-state index < -0.39 is 0 Å². The molecule has 0 aliphatic carbocycles. The number of rotatable bonds is 3. The first-order valence-corrected chi connectivity index (χ1v) is 8.09. The Hall–Kier alpha value is -1.94. The Morgan fingerprint density at radius 3 is 2.59 bits per heavy atom. The van der Waals surface area contributed by atoms with E-state index in [0.717, 1.165) is 55.5 Å². The van der Waals surface area contributed by atoms with E-state index in [1.54, 1.807) is 0 Å². The number of nitrogens with zero attached hydrogens (tertiary/aromatic N) is 3. The first kappa shape index (κ1) is 15.0. The summed E-state index contributed by atoms with van der Waals surface area (Å²) in [7, 11) is 0. The van der Waals surface area contributed by atoms with Gasteiger partial charge in [0, 0.05) is 43.0 Å². The second-order valence-electron chi connectivity index (χ2n) is 5.89. The maximum atomic E-state index is 4.93.